The maximum Gasteiger partial charge on any atom is 0.333 e. The van der Waals surface area contributed by atoms with Gasteiger partial charge in [-0.3, -0.25) is 0 Å². The van der Waals surface area contributed by atoms with E-state index < -0.39 is 0 Å². The Hall–Kier alpha value is -2.88. The van der Waals surface area contributed by atoms with Gasteiger partial charge in [0.15, 0.2) is 0 Å². The van der Waals surface area contributed by atoms with Crippen molar-refractivity contribution in [3.8, 4) is 5.75 Å². The van der Waals surface area contributed by atoms with Crippen molar-refractivity contribution in [3.05, 3.63) is 77.4 Å². The summed E-state index contributed by atoms with van der Waals surface area (Å²) in [5, 5.41) is 0. The topological polar surface area (TPSA) is 35.5 Å². The molecule has 3 rings (SSSR count). The summed E-state index contributed by atoms with van der Waals surface area (Å²) in [5.74, 6) is 0.335. The fourth-order valence-electron chi connectivity index (χ4n) is 3.56. The quantitative estimate of drug-likeness (QED) is 0.269. The van der Waals surface area contributed by atoms with Gasteiger partial charge in [0.25, 0.3) is 0 Å². The summed E-state index contributed by atoms with van der Waals surface area (Å²) in [6, 6.07) is 15.4. The van der Waals surface area contributed by atoms with Gasteiger partial charge in [-0.05, 0) is 74.3 Å². The Morgan fingerprint density at radius 1 is 1.00 bits per heavy atom. The Bertz CT molecular complexity index is 912. The first-order chi connectivity index (χ1) is 14.6. The molecule has 0 aliphatic heterocycles. The van der Waals surface area contributed by atoms with Crippen LogP contribution in [0, 0.1) is 0 Å². The van der Waals surface area contributed by atoms with Crippen LogP contribution in [-0.2, 0) is 16.0 Å². The molecule has 0 N–H and O–H groups in total. The molecule has 4 heteroatoms. The van der Waals surface area contributed by atoms with Gasteiger partial charge in [-0.15, -0.1) is 0 Å². The fraction of sp³-hybridized carbons (Fsp3) is 0.346. The number of aryl methyl sites for hydroxylation is 1. The van der Waals surface area contributed by atoms with Crippen molar-refractivity contribution in [2.75, 3.05) is 13.2 Å². The zero-order chi connectivity index (χ0) is 21.3. The molecular weight excluding hydrogens is 379 g/mol. The average Bonchev–Trinajstić information content (AvgIpc) is 2.92. The second-order valence-electron chi connectivity index (χ2n) is 7.65. The van der Waals surface area contributed by atoms with Crippen molar-refractivity contribution in [2.45, 2.75) is 45.4 Å². The molecule has 0 aromatic heterocycles. The van der Waals surface area contributed by atoms with Crippen molar-refractivity contribution in [2.24, 2.45) is 0 Å². The van der Waals surface area contributed by atoms with Crippen LogP contribution in [-0.4, -0.2) is 19.2 Å². The summed E-state index contributed by atoms with van der Waals surface area (Å²) in [6.07, 6.45) is 5.18. The Labute approximate surface area is 178 Å². The molecule has 1 aliphatic carbocycles. The number of benzene rings is 2. The summed E-state index contributed by atoms with van der Waals surface area (Å²) in [4.78, 5) is 11.3. The number of fused-ring (bicyclic) bond motifs is 1. The third-order valence-electron chi connectivity index (χ3n) is 5.23. The zero-order valence-electron chi connectivity index (χ0n) is 17.6. The Kier molecular flexibility index (Phi) is 7.83. The Morgan fingerprint density at radius 3 is 2.50 bits per heavy atom. The van der Waals surface area contributed by atoms with E-state index in [1.165, 1.54) is 0 Å². The van der Waals surface area contributed by atoms with E-state index in [0.717, 1.165) is 66.5 Å². The van der Waals surface area contributed by atoms with Crippen molar-refractivity contribution in [1.82, 2.24) is 0 Å². The first-order valence-electron chi connectivity index (χ1n) is 10.6. The van der Waals surface area contributed by atoms with E-state index in [2.05, 4.69) is 6.58 Å². The molecule has 0 unspecified atom stereocenters. The number of ether oxygens (including phenoxy) is 2. The lowest BCUT2D eigenvalue weighted by molar-refractivity contribution is -0.139. The number of esters is 1. The second kappa shape index (κ2) is 10.8. The van der Waals surface area contributed by atoms with Crippen LogP contribution in [0.4, 0.5) is 4.39 Å². The number of unbranched alkanes of at least 4 members (excludes halogenated alkanes) is 2. The molecule has 0 spiro atoms. The van der Waals surface area contributed by atoms with E-state index in [9.17, 15) is 4.79 Å². The Morgan fingerprint density at radius 2 is 1.73 bits per heavy atom. The van der Waals surface area contributed by atoms with E-state index in [4.69, 9.17) is 9.47 Å². The van der Waals surface area contributed by atoms with E-state index in [0.29, 0.717) is 18.8 Å². The average molecular weight is 409 g/mol. The lowest BCUT2D eigenvalue weighted by Gasteiger charge is -2.10. The van der Waals surface area contributed by atoms with Crippen LogP contribution in [0.25, 0.3) is 11.4 Å². The maximum absolute atomic E-state index is 15.1. The molecule has 0 saturated carbocycles. The molecular formula is C26H29FO3. The lowest BCUT2D eigenvalue weighted by Crippen LogP contribution is -2.06. The molecule has 30 heavy (non-hydrogen) atoms. The lowest BCUT2D eigenvalue weighted by atomic mass is 9.99. The predicted molar refractivity (Wildman–Crippen MR) is 119 cm³/mol. The van der Waals surface area contributed by atoms with Crippen LogP contribution in [0.2, 0.25) is 0 Å². The van der Waals surface area contributed by atoms with Crippen LogP contribution in [0.3, 0.4) is 0 Å². The highest BCUT2D eigenvalue weighted by Crippen LogP contribution is 2.36. The second-order valence-corrected chi connectivity index (χ2v) is 7.65. The molecule has 0 saturated heterocycles. The molecule has 2 aromatic carbocycles. The molecule has 0 fully saturated rings. The van der Waals surface area contributed by atoms with Gasteiger partial charge in [0.05, 0.1) is 13.2 Å². The van der Waals surface area contributed by atoms with Gasteiger partial charge in [-0.2, -0.15) is 0 Å². The first kappa shape index (κ1) is 21.8. The largest absolute Gasteiger partial charge is 0.494 e. The van der Waals surface area contributed by atoms with Crippen LogP contribution < -0.4 is 4.74 Å². The molecule has 2 aromatic rings. The van der Waals surface area contributed by atoms with Gasteiger partial charge in [0.1, 0.15) is 11.6 Å². The highest BCUT2D eigenvalue weighted by Gasteiger charge is 2.18. The van der Waals surface area contributed by atoms with Crippen LogP contribution >= 0.6 is 0 Å². The van der Waals surface area contributed by atoms with Crippen LogP contribution in [0.5, 0.6) is 5.75 Å². The summed E-state index contributed by atoms with van der Waals surface area (Å²) in [7, 11) is 0. The van der Waals surface area contributed by atoms with E-state index in [1.807, 2.05) is 48.5 Å². The minimum absolute atomic E-state index is 0.107. The van der Waals surface area contributed by atoms with Gasteiger partial charge in [0, 0.05) is 11.1 Å². The number of allylic oxidation sites excluding steroid dienone is 1. The summed E-state index contributed by atoms with van der Waals surface area (Å²) in [6.45, 7) is 6.20. The molecule has 0 heterocycles. The van der Waals surface area contributed by atoms with Crippen LogP contribution in [0.1, 0.15) is 55.7 Å². The number of hydrogen-bond acceptors (Lipinski definition) is 3. The van der Waals surface area contributed by atoms with Gasteiger partial charge in [-0.1, -0.05) is 43.0 Å². The predicted octanol–water partition coefficient (Wildman–Crippen LogP) is 6.53. The molecule has 158 valence electrons. The van der Waals surface area contributed by atoms with Crippen molar-refractivity contribution >= 4 is 17.4 Å². The maximum atomic E-state index is 15.1. The van der Waals surface area contributed by atoms with E-state index >= 15 is 4.39 Å². The minimum atomic E-state index is -0.338. The SMILES string of the molecule is C=C(C)C(=O)OCCCCCOc1ccc(C2=C(F)c3ccccc3CCC2)cc1. The standard InChI is InChI=1S/C26H29FO3/c1-19(2)26(28)30-18-7-3-6-17-29-22-15-13-21(14-16-22)24-12-8-10-20-9-4-5-11-23(20)25(24)27/h4-5,9,11,13-16H,1,3,6-8,10,12,17-18H2,2H3. The van der Waals surface area contributed by atoms with Crippen molar-refractivity contribution in [1.29, 1.82) is 0 Å². The van der Waals surface area contributed by atoms with E-state index in [1.54, 1.807) is 6.92 Å². The number of carbonyl (C=O) groups excluding carboxylic acids is 1. The Balaban J connectivity index is 1.48. The number of halogens is 1. The zero-order valence-corrected chi connectivity index (χ0v) is 17.6. The number of rotatable bonds is 9. The molecule has 0 bridgehead atoms. The third kappa shape index (κ3) is 5.82. The van der Waals surface area contributed by atoms with Crippen molar-refractivity contribution < 1.29 is 18.7 Å². The van der Waals surface area contributed by atoms with Gasteiger partial charge >= 0.3 is 5.97 Å². The summed E-state index contributed by atoms with van der Waals surface area (Å²) < 4.78 is 26.0. The van der Waals surface area contributed by atoms with Gasteiger partial charge < -0.3 is 9.47 Å². The molecule has 0 atom stereocenters. The number of carbonyl (C=O) groups is 1. The first-order valence-corrected chi connectivity index (χ1v) is 10.6. The molecule has 0 amide bonds. The van der Waals surface area contributed by atoms with E-state index in [-0.39, 0.29) is 11.8 Å². The van der Waals surface area contributed by atoms with Crippen molar-refractivity contribution in [3.63, 3.8) is 0 Å². The highest BCUT2D eigenvalue weighted by molar-refractivity contribution is 5.89. The normalized spacial score (nSPS) is 13.4. The molecule has 3 nitrogen and oxygen atoms in total. The smallest absolute Gasteiger partial charge is 0.333 e. The van der Waals surface area contributed by atoms with Crippen LogP contribution in [0.15, 0.2) is 60.7 Å². The summed E-state index contributed by atoms with van der Waals surface area (Å²) >= 11 is 0. The minimum Gasteiger partial charge on any atom is -0.494 e. The number of hydrogen-bond donors (Lipinski definition) is 0. The third-order valence-corrected chi connectivity index (χ3v) is 5.23. The monoisotopic (exact) mass is 408 g/mol. The van der Waals surface area contributed by atoms with Gasteiger partial charge in [0.2, 0.25) is 0 Å². The summed E-state index contributed by atoms with van der Waals surface area (Å²) in [5.41, 5.74) is 3.91. The highest BCUT2D eigenvalue weighted by atomic mass is 19.1. The fourth-order valence-corrected chi connectivity index (χ4v) is 3.56. The molecule has 0 radical (unpaired) electrons. The van der Waals surface area contributed by atoms with Gasteiger partial charge in [-0.25, -0.2) is 9.18 Å². The molecule has 1 aliphatic rings.